The van der Waals surface area contributed by atoms with Gasteiger partial charge in [-0.15, -0.1) is 0 Å². The third-order valence-corrected chi connectivity index (χ3v) is 3.67. The molecule has 2 aromatic rings. The van der Waals surface area contributed by atoms with E-state index in [9.17, 15) is 0 Å². The zero-order valence-corrected chi connectivity index (χ0v) is 12.4. The lowest BCUT2D eigenvalue weighted by Crippen LogP contribution is -2.23. The minimum absolute atomic E-state index is 0.292. The zero-order valence-electron chi connectivity index (χ0n) is 11.6. The maximum atomic E-state index is 5.79. The van der Waals surface area contributed by atoms with E-state index >= 15 is 0 Å². The van der Waals surface area contributed by atoms with Gasteiger partial charge in [0.2, 0.25) is 5.95 Å². The standard InChI is InChI=1S/C15H17N5S/c16-14-18-12-9-5-4-8-11(12)13(19-14)20-15(21)17-10-6-2-1-3-7-10/h1-3,6-7H,4-5,8-9H2,(H4,16,17,18,19,20,21). The molecule has 1 aromatic carbocycles. The van der Waals surface area contributed by atoms with E-state index in [0.717, 1.165) is 48.4 Å². The normalized spacial score (nSPS) is 13.3. The second kappa shape index (κ2) is 6.05. The Labute approximate surface area is 129 Å². The number of aromatic nitrogens is 2. The Morgan fingerprint density at radius 3 is 2.62 bits per heavy atom. The van der Waals surface area contributed by atoms with Gasteiger partial charge < -0.3 is 16.4 Å². The van der Waals surface area contributed by atoms with Crippen molar-refractivity contribution in [2.75, 3.05) is 16.4 Å². The lowest BCUT2D eigenvalue weighted by Gasteiger charge is -2.19. The highest BCUT2D eigenvalue weighted by Crippen LogP contribution is 2.26. The van der Waals surface area contributed by atoms with Crippen molar-refractivity contribution in [1.29, 1.82) is 0 Å². The van der Waals surface area contributed by atoms with Crippen molar-refractivity contribution in [2.24, 2.45) is 0 Å². The number of anilines is 3. The number of nitrogens with one attached hydrogen (secondary N) is 2. The van der Waals surface area contributed by atoms with Crippen LogP contribution in [0.15, 0.2) is 30.3 Å². The summed E-state index contributed by atoms with van der Waals surface area (Å²) in [6, 6.07) is 9.78. The molecule has 0 unspecified atom stereocenters. The predicted molar refractivity (Wildman–Crippen MR) is 89.4 cm³/mol. The average Bonchev–Trinajstić information content (AvgIpc) is 2.48. The van der Waals surface area contributed by atoms with E-state index in [0.29, 0.717) is 11.1 Å². The number of nitrogens with two attached hydrogens (primary N) is 1. The van der Waals surface area contributed by atoms with E-state index in [1.165, 1.54) is 0 Å². The summed E-state index contributed by atoms with van der Waals surface area (Å²) in [5.41, 5.74) is 8.89. The zero-order chi connectivity index (χ0) is 14.7. The fourth-order valence-corrected chi connectivity index (χ4v) is 2.72. The fourth-order valence-electron chi connectivity index (χ4n) is 2.51. The van der Waals surface area contributed by atoms with Gasteiger partial charge in [-0.25, -0.2) is 4.98 Å². The molecule has 0 aliphatic heterocycles. The van der Waals surface area contributed by atoms with E-state index in [4.69, 9.17) is 18.0 Å². The topological polar surface area (TPSA) is 75.9 Å². The number of nitrogens with zero attached hydrogens (tertiary/aromatic N) is 2. The van der Waals surface area contributed by atoms with Gasteiger partial charge in [0, 0.05) is 11.3 Å². The van der Waals surface area contributed by atoms with E-state index in [2.05, 4.69) is 20.6 Å². The molecule has 1 aliphatic carbocycles. The van der Waals surface area contributed by atoms with Crippen molar-refractivity contribution in [3.8, 4) is 0 Å². The van der Waals surface area contributed by atoms with Crippen molar-refractivity contribution in [2.45, 2.75) is 25.7 Å². The van der Waals surface area contributed by atoms with Crippen molar-refractivity contribution in [3.05, 3.63) is 41.6 Å². The Morgan fingerprint density at radius 2 is 1.81 bits per heavy atom. The van der Waals surface area contributed by atoms with Gasteiger partial charge in [-0.05, 0) is 50.0 Å². The second-order valence-electron chi connectivity index (χ2n) is 5.01. The lowest BCUT2D eigenvalue weighted by molar-refractivity contribution is 0.666. The molecule has 1 aliphatic rings. The molecule has 0 radical (unpaired) electrons. The third-order valence-electron chi connectivity index (χ3n) is 3.46. The highest BCUT2D eigenvalue weighted by Gasteiger charge is 2.17. The van der Waals surface area contributed by atoms with Crippen LogP contribution in [0.3, 0.4) is 0 Å². The molecule has 0 saturated carbocycles. The quantitative estimate of drug-likeness (QED) is 0.740. The highest BCUT2D eigenvalue weighted by atomic mass is 32.1. The van der Waals surface area contributed by atoms with Crippen LogP contribution >= 0.6 is 12.2 Å². The molecular weight excluding hydrogens is 282 g/mol. The molecule has 0 fully saturated rings. The minimum Gasteiger partial charge on any atom is -0.368 e. The molecule has 6 heteroatoms. The molecule has 108 valence electrons. The number of nitrogen functional groups attached to an aromatic ring is 1. The summed E-state index contributed by atoms with van der Waals surface area (Å²) in [6.45, 7) is 0. The monoisotopic (exact) mass is 299 g/mol. The van der Waals surface area contributed by atoms with Crippen LogP contribution in [0.1, 0.15) is 24.1 Å². The van der Waals surface area contributed by atoms with Crippen molar-refractivity contribution >= 4 is 34.8 Å². The van der Waals surface area contributed by atoms with Crippen LogP contribution in [-0.4, -0.2) is 15.1 Å². The molecule has 5 nitrogen and oxygen atoms in total. The molecule has 0 saturated heterocycles. The van der Waals surface area contributed by atoms with E-state index in [-0.39, 0.29) is 0 Å². The smallest absolute Gasteiger partial charge is 0.222 e. The number of thiocarbonyl (C=S) groups is 1. The highest BCUT2D eigenvalue weighted by molar-refractivity contribution is 7.80. The van der Waals surface area contributed by atoms with E-state index < -0.39 is 0 Å². The van der Waals surface area contributed by atoms with Crippen LogP contribution in [0, 0.1) is 0 Å². The summed E-state index contributed by atoms with van der Waals surface area (Å²) < 4.78 is 0. The number of hydrogen-bond donors (Lipinski definition) is 3. The molecule has 0 atom stereocenters. The second-order valence-corrected chi connectivity index (χ2v) is 5.42. The molecule has 1 aromatic heterocycles. The molecular formula is C15H17N5S. The maximum absolute atomic E-state index is 5.79. The summed E-state index contributed by atoms with van der Waals surface area (Å²) in [5.74, 6) is 1.02. The van der Waals surface area contributed by atoms with Crippen LogP contribution < -0.4 is 16.4 Å². The molecule has 0 amide bonds. The van der Waals surface area contributed by atoms with Gasteiger partial charge >= 0.3 is 0 Å². The first-order valence-electron chi connectivity index (χ1n) is 7.01. The third kappa shape index (κ3) is 3.28. The first-order chi connectivity index (χ1) is 10.2. The van der Waals surface area contributed by atoms with Gasteiger partial charge in [-0.3, -0.25) is 0 Å². The van der Waals surface area contributed by atoms with Gasteiger partial charge in [-0.2, -0.15) is 4.98 Å². The van der Waals surface area contributed by atoms with Gasteiger partial charge in [-0.1, -0.05) is 18.2 Å². The summed E-state index contributed by atoms with van der Waals surface area (Å²) in [4.78, 5) is 8.62. The molecule has 21 heavy (non-hydrogen) atoms. The summed E-state index contributed by atoms with van der Waals surface area (Å²) in [6.07, 6.45) is 4.21. The summed E-state index contributed by atoms with van der Waals surface area (Å²) >= 11 is 5.34. The Morgan fingerprint density at radius 1 is 1.05 bits per heavy atom. The van der Waals surface area contributed by atoms with Crippen molar-refractivity contribution in [3.63, 3.8) is 0 Å². The largest absolute Gasteiger partial charge is 0.368 e. The van der Waals surface area contributed by atoms with Crippen molar-refractivity contribution in [1.82, 2.24) is 9.97 Å². The van der Waals surface area contributed by atoms with Crippen molar-refractivity contribution < 1.29 is 0 Å². The SMILES string of the molecule is Nc1nc2c(c(NC(=S)Nc3ccccc3)n1)CCCC2. The molecule has 3 rings (SSSR count). The minimum atomic E-state index is 0.292. The van der Waals surface area contributed by atoms with Gasteiger partial charge in [0.05, 0.1) is 5.69 Å². The van der Waals surface area contributed by atoms with E-state index in [1.807, 2.05) is 30.3 Å². The first kappa shape index (κ1) is 13.8. The Bertz CT molecular complexity index is 657. The Kier molecular flexibility index (Phi) is 3.96. The van der Waals surface area contributed by atoms with Crippen LogP contribution in [0.2, 0.25) is 0 Å². The fraction of sp³-hybridized carbons (Fsp3) is 0.267. The molecule has 4 N–H and O–H groups in total. The lowest BCUT2D eigenvalue weighted by atomic mass is 9.96. The van der Waals surface area contributed by atoms with Crippen LogP contribution in [0.5, 0.6) is 0 Å². The Balaban J connectivity index is 1.78. The van der Waals surface area contributed by atoms with Gasteiger partial charge in [0.1, 0.15) is 5.82 Å². The van der Waals surface area contributed by atoms with Crippen LogP contribution in [-0.2, 0) is 12.8 Å². The number of fused-ring (bicyclic) bond motifs is 1. The first-order valence-corrected chi connectivity index (χ1v) is 7.41. The van der Waals surface area contributed by atoms with E-state index in [1.54, 1.807) is 0 Å². The maximum Gasteiger partial charge on any atom is 0.222 e. The molecule has 0 bridgehead atoms. The number of para-hydroxylation sites is 1. The van der Waals surface area contributed by atoms with Crippen LogP contribution in [0.25, 0.3) is 0 Å². The number of benzene rings is 1. The number of rotatable bonds is 2. The summed E-state index contributed by atoms with van der Waals surface area (Å²) in [5, 5.41) is 6.79. The predicted octanol–water partition coefficient (Wildman–Crippen LogP) is 2.75. The number of aryl methyl sites for hydroxylation is 1. The molecule has 0 spiro atoms. The van der Waals surface area contributed by atoms with Gasteiger partial charge in [0.15, 0.2) is 5.11 Å². The van der Waals surface area contributed by atoms with Gasteiger partial charge in [0.25, 0.3) is 0 Å². The molecule has 1 heterocycles. The summed E-state index contributed by atoms with van der Waals surface area (Å²) in [7, 11) is 0. The average molecular weight is 299 g/mol. The Hall–Kier alpha value is -2.21. The number of hydrogen-bond acceptors (Lipinski definition) is 4. The van der Waals surface area contributed by atoms with Crippen LogP contribution in [0.4, 0.5) is 17.5 Å².